The molecule has 1 amide bonds. The third kappa shape index (κ3) is 4.32. The third-order valence-electron chi connectivity index (χ3n) is 3.43. The second kappa shape index (κ2) is 6.83. The van der Waals surface area contributed by atoms with Crippen molar-refractivity contribution in [1.82, 2.24) is 0 Å². The number of hydrogen-bond donors (Lipinski definition) is 2. The van der Waals surface area contributed by atoms with Crippen LogP contribution in [0, 0.1) is 6.92 Å². The van der Waals surface area contributed by atoms with Gasteiger partial charge in [-0.15, -0.1) is 0 Å². The molecule has 0 bridgehead atoms. The number of nitrogens with one attached hydrogen (secondary N) is 2. The summed E-state index contributed by atoms with van der Waals surface area (Å²) in [6, 6.07) is 11.9. The minimum absolute atomic E-state index is 0.156. The fourth-order valence-corrected chi connectivity index (χ4v) is 3.30. The summed E-state index contributed by atoms with van der Waals surface area (Å²) < 4.78 is 27.4. The predicted molar refractivity (Wildman–Crippen MR) is 92.1 cm³/mol. The van der Waals surface area contributed by atoms with E-state index >= 15 is 0 Å². The van der Waals surface area contributed by atoms with Crippen LogP contribution in [0.5, 0.6) is 0 Å². The summed E-state index contributed by atoms with van der Waals surface area (Å²) in [4.78, 5) is 11.3. The first-order valence-electron chi connectivity index (χ1n) is 7.32. The van der Waals surface area contributed by atoms with Gasteiger partial charge >= 0.3 is 0 Å². The lowest BCUT2D eigenvalue weighted by Gasteiger charge is -2.11. The minimum atomic E-state index is -3.66. The van der Waals surface area contributed by atoms with Gasteiger partial charge in [0, 0.05) is 18.3 Å². The van der Waals surface area contributed by atoms with Crippen molar-refractivity contribution in [2.45, 2.75) is 32.1 Å². The average Bonchev–Trinajstić information content (AvgIpc) is 2.49. The molecular weight excluding hydrogens is 312 g/mol. The zero-order valence-corrected chi connectivity index (χ0v) is 14.2. The van der Waals surface area contributed by atoms with E-state index in [0.717, 1.165) is 12.0 Å². The van der Waals surface area contributed by atoms with Crippen LogP contribution in [0.15, 0.2) is 47.4 Å². The highest BCUT2D eigenvalue weighted by molar-refractivity contribution is 7.92. The quantitative estimate of drug-likeness (QED) is 0.882. The maximum atomic E-state index is 12.4. The highest BCUT2D eigenvalue weighted by Crippen LogP contribution is 2.22. The molecule has 0 aliphatic carbocycles. The van der Waals surface area contributed by atoms with Gasteiger partial charge in [-0.2, -0.15) is 0 Å². The molecule has 122 valence electrons. The van der Waals surface area contributed by atoms with Gasteiger partial charge in [0.15, 0.2) is 0 Å². The Morgan fingerprint density at radius 1 is 1.09 bits per heavy atom. The molecule has 0 saturated heterocycles. The number of anilines is 2. The van der Waals surface area contributed by atoms with Gasteiger partial charge in [-0.3, -0.25) is 9.52 Å². The summed E-state index contributed by atoms with van der Waals surface area (Å²) in [6.45, 7) is 5.20. The molecule has 5 nitrogen and oxygen atoms in total. The van der Waals surface area contributed by atoms with Gasteiger partial charge < -0.3 is 5.32 Å². The van der Waals surface area contributed by atoms with Crippen molar-refractivity contribution in [3.05, 3.63) is 53.6 Å². The third-order valence-corrected chi connectivity index (χ3v) is 4.81. The van der Waals surface area contributed by atoms with Crippen LogP contribution in [0.4, 0.5) is 11.4 Å². The van der Waals surface area contributed by atoms with Crippen LogP contribution in [-0.4, -0.2) is 14.3 Å². The van der Waals surface area contributed by atoms with Crippen molar-refractivity contribution in [3.8, 4) is 0 Å². The van der Waals surface area contributed by atoms with Gasteiger partial charge in [0.1, 0.15) is 0 Å². The van der Waals surface area contributed by atoms with Gasteiger partial charge in [0.2, 0.25) is 5.91 Å². The first-order chi connectivity index (χ1) is 10.8. The number of carbonyl (C=O) groups is 1. The highest BCUT2D eigenvalue weighted by Gasteiger charge is 2.15. The molecule has 0 spiro atoms. The van der Waals surface area contributed by atoms with E-state index in [9.17, 15) is 13.2 Å². The van der Waals surface area contributed by atoms with E-state index in [1.54, 1.807) is 25.1 Å². The smallest absolute Gasteiger partial charge is 0.261 e. The molecule has 0 atom stereocenters. The lowest BCUT2D eigenvalue weighted by molar-refractivity contribution is -0.114. The summed E-state index contributed by atoms with van der Waals surface area (Å²) in [5.74, 6) is -0.196. The van der Waals surface area contributed by atoms with Crippen molar-refractivity contribution in [2.75, 3.05) is 10.0 Å². The Bertz CT molecular complexity index is 812. The largest absolute Gasteiger partial charge is 0.326 e. The SMILES string of the molecule is CCc1ccc(NS(=O)(=O)c2ccc(NC(C)=O)c(C)c2)cc1. The van der Waals surface area contributed by atoms with E-state index in [0.29, 0.717) is 16.9 Å². The second-order valence-electron chi connectivity index (χ2n) is 5.31. The molecule has 2 aromatic carbocycles. The zero-order chi connectivity index (χ0) is 17.0. The number of aryl methyl sites for hydroxylation is 2. The van der Waals surface area contributed by atoms with Crippen molar-refractivity contribution >= 4 is 27.3 Å². The van der Waals surface area contributed by atoms with Gasteiger partial charge in [0.05, 0.1) is 4.90 Å². The van der Waals surface area contributed by atoms with E-state index in [1.807, 2.05) is 19.1 Å². The van der Waals surface area contributed by atoms with Crippen molar-refractivity contribution < 1.29 is 13.2 Å². The summed E-state index contributed by atoms with van der Waals surface area (Å²) >= 11 is 0. The van der Waals surface area contributed by atoms with Crippen LogP contribution in [0.1, 0.15) is 25.0 Å². The number of rotatable bonds is 5. The molecule has 0 saturated carbocycles. The van der Waals surface area contributed by atoms with E-state index in [-0.39, 0.29) is 10.8 Å². The van der Waals surface area contributed by atoms with E-state index in [1.165, 1.54) is 19.1 Å². The Hall–Kier alpha value is -2.34. The van der Waals surface area contributed by atoms with Gasteiger partial charge in [-0.1, -0.05) is 19.1 Å². The second-order valence-corrected chi connectivity index (χ2v) is 7.00. The summed E-state index contributed by atoms with van der Waals surface area (Å²) in [7, 11) is -3.66. The Kier molecular flexibility index (Phi) is 5.05. The summed E-state index contributed by atoms with van der Waals surface area (Å²) in [6.07, 6.45) is 0.900. The summed E-state index contributed by atoms with van der Waals surface area (Å²) in [5, 5.41) is 2.66. The predicted octanol–water partition coefficient (Wildman–Crippen LogP) is 3.32. The van der Waals surface area contributed by atoms with Crippen LogP contribution in [0.25, 0.3) is 0 Å². The first kappa shape index (κ1) is 17.0. The average molecular weight is 332 g/mol. The fraction of sp³-hybridized carbons (Fsp3) is 0.235. The summed E-state index contributed by atoms with van der Waals surface area (Å²) in [5.41, 5.74) is 2.95. The van der Waals surface area contributed by atoms with E-state index in [4.69, 9.17) is 0 Å². The maximum Gasteiger partial charge on any atom is 0.261 e. The van der Waals surface area contributed by atoms with Crippen LogP contribution in [-0.2, 0) is 21.2 Å². The topological polar surface area (TPSA) is 75.3 Å². The zero-order valence-electron chi connectivity index (χ0n) is 13.4. The van der Waals surface area contributed by atoms with E-state index < -0.39 is 10.0 Å². The normalized spacial score (nSPS) is 11.1. The first-order valence-corrected chi connectivity index (χ1v) is 8.80. The molecule has 0 unspecified atom stereocenters. The number of benzene rings is 2. The molecule has 2 rings (SSSR count). The maximum absolute atomic E-state index is 12.4. The number of amides is 1. The molecule has 0 aliphatic heterocycles. The minimum Gasteiger partial charge on any atom is -0.326 e. The van der Waals surface area contributed by atoms with Gasteiger partial charge in [-0.05, 0) is 54.8 Å². The molecule has 0 radical (unpaired) electrons. The molecule has 0 fully saturated rings. The number of hydrogen-bond acceptors (Lipinski definition) is 3. The van der Waals surface area contributed by atoms with Crippen LogP contribution in [0.3, 0.4) is 0 Å². The Balaban J connectivity index is 2.24. The molecule has 6 heteroatoms. The monoisotopic (exact) mass is 332 g/mol. The lowest BCUT2D eigenvalue weighted by atomic mass is 10.2. The molecule has 0 heterocycles. The lowest BCUT2D eigenvalue weighted by Crippen LogP contribution is -2.14. The molecule has 2 aromatic rings. The molecular formula is C17H20N2O3S. The van der Waals surface area contributed by atoms with Crippen LogP contribution < -0.4 is 10.0 Å². The Morgan fingerprint density at radius 3 is 2.26 bits per heavy atom. The Labute approximate surface area is 136 Å². The Morgan fingerprint density at radius 2 is 1.74 bits per heavy atom. The highest BCUT2D eigenvalue weighted by atomic mass is 32.2. The van der Waals surface area contributed by atoms with Gasteiger partial charge in [-0.25, -0.2) is 8.42 Å². The molecule has 0 aromatic heterocycles. The standard InChI is InChI=1S/C17H20N2O3S/c1-4-14-5-7-15(8-6-14)19-23(21,22)16-9-10-17(12(2)11-16)18-13(3)20/h5-11,19H,4H2,1-3H3,(H,18,20). The molecule has 0 aliphatic rings. The van der Waals surface area contributed by atoms with Crippen LogP contribution in [0.2, 0.25) is 0 Å². The van der Waals surface area contributed by atoms with Crippen molar-refractivity contribution in [3.63, 3.8) is 0 Å². The van der Waals surface area contributed by atoms with Crippen molar-refractivity contribution in [1.29, 1.82) is 0 Å². The van der Waals surface area contributed by atoms with E-state index in [2.05, 4.69) is 10.0 Å². The van der Waals surface area contributed by atoms with Crippen LogP contribution >= 0.6 is 0 Å². The molecule has 23 heavy (non-hydrogen) atoms. The van der Waals surface area contributed by atoms with Gasteiger partial charge in [0.25, 0.3) is 10.0 Å². The van der Waals surface area contributed by atoms with Crippen molar-refractivity contribution in [2.24, 2.45) is 0 Å². The molecule has 2 N–H and O–H groups in total. The fourth-order valence-electron chi connectivity index (χ4n) is 2.16. The number of carbonyl (C=O) groups excluding carboxylic acids is 1. The number of sulfonamides is 1.